The molecule has 0 spiro atoms. The van der Waals surface area contributed by atoms with Crippen LogP contribution in [0.2, 0.25) is 0 Å². The van der Waals surface area contributed by atoms with Gasteiger partial charge in [0.25, 0.3) is 0 Å². The monoisotopic (exact) mass is 433 g/mol. The minimum atomic E-state index is -0.715. The molecule has 2 aromatic heterocycles. The fourth-order valence-electron chi connectivity index (χ4n) is 3.27. The topological polar surface area (TPSA) is 105 Å². The van der Waals surface area contributed by atoms with Crippen molar-refractivity contribution < 1.29 is 13.6 Å². The number of halogens is 1. The highest BCUT2D eigenvalue weighted by Crippen LogP contribution is 2.34. The number of hydrogen-bond donors (Lipinski definition) is 1. The summed E-state index contributed by atoms with van der Waals surface area (Å²) < 4.78 is 19.8. The summed E-state index contributed by atoms with van der Waals surface area (Å²) in [6.45, 7) is 0. The molecule has 1 saturated carbocycles. The van der Waals surface area contributed by atoms with Gasteiger partial charge in [-0.15, -0.1) is 21.5 Å². The van der Waals surface area contributed by atoms with E-state index in [1.807, 2.05) is 18.2 Å². The maximum absolute atomic E-state index is 13.2. The Kier molecular flexibility index (Phi) is 4.71. The van der Waals surface area contributed by atoms with Crippen LogP contribution in [-0.2, 0) is 17.6 Å². The van der Waals surface area contributed by atoms with E-state index in [0.717, 1.165) is 26.4 Å². The molecule has 154 valence electrons. The fourth-order valence-corrected chi connectivity index (χ4v) is 4.21. The van der Waals surface area contributed by atoms with E-state index in [-0.39, 0.29) is 24.0 Å². The average Bonchev–Trinajstić information content (AvgIpc) is 3.20. The quantitative estimate of drug-likeness (QED) is 0.496. The maximum atomic E-state index is 13.2. The molecule has 1 aliphatic carbocycles. The number of nitriles is 1. The number of nitrogens with one attached hydrogen (secondary N) is 1. The first-order valence-electron chi connectivity index (χ1n) is 9.71. The smallest absolute Gasteiger partial charge is 0.230 e. The third kappa shape index (κ3) is 4.15. The van der Waals surface area contributed by atoms with E-state index in [9.17, 15) is 9.18 Å². The number of carbonyl (C=O) groups excluding carboxylic acids is 1. The van der Waals surface area contributed by atoms with Crippen LogP contribution in [0.15, 0.2) is 46.9 Å². The number of fused-ring (bicyclic) bond motifs is 1. The number of thiazole rings is 1. The highest BCUT2D eigenvalue weighted by Gasteiger charge is 2.44. The number of amides is 1. The van der Waals surface area contributed by atoms with Crippen molar-refractivity contribution >= 4 is 27.5 Å². The Labute approximate surface area is 180 Å². The molecule has 1 N–H and O–H groups in total. The molecular formula is C22H16FN5O2S. The van der Waals surface area contributed by atoms with E-state index in [2.05, 4.69) is 26.6 Å². The number of carbonyl (C=O) groups is 1. The summed E-state index contributed by atoms with van der Waals surface area (Å²) in [6, 6.07) is 14.4. The molecular weight excluding hydrogens is 417 g/mol. The predicted octanol–water partition coefficient (Wildman–Crippen LogP) is 3.79. The van der Waals surface area contributed by atoms with Gasteiger partial charge in [-0.3, -0.25) is 4.79 Å². The molecule has 0 aliphatic heterocycles. The summed E-state index contributed by atoms with van der Waals surface area (Å²) in [5.74, 6) is 0.0137. The van der Waals surface area contributed by atoms with Crippen LogP contribution in [0.3, 0.4) is 0 Å². The van der Waals surface area contributed by atoms with Crippen molar-refractivity contribution in [1.29, 1.82) is 5.26 Å². The van der Waals surface area contributed by atoms with Gasteiger partial charge in [0, 0.05) is 0 Å². The minimum absolute atomic E-state index is 0.0582. The summed E-state index contributed by atoms with van der Waals surface area (Å²) in [6.07, 6.45) is 1.65. The molecule has 0 radical (unpaired) electrons. The average molecular weight is 433 g/mol. The highest BCUT2D eigenvalue weighted by molar-refractivity contribution is 7.18. The van der Waals surface area contributed by atoms with E-state index in [1.54, 1.807) is 12.1 Å². The molecule has 31 heavy (non-hydrogen) atoms. The van der Waals surface area contributed by atoms with Gasteiger partial charge in [0.05, 0.1) is 22.7 Å². The van der Waals surface area contributed by atoms with Crippen molar-refractivity contribution in [2.24, 2.45) is 0 Å². The Balaban J connectivity index is 1.28. The molecule has 1 amide bonds. The molecule has 0 atom stereocenters. The van der Waals surface area contributed by atoms with Crippen LogP contribution in [-0.4, -0.2) is 26.6 Å². The second-order valence-electron chi connectivity index (χ2n) is 7.48. The summed E-state index contributed by atoms with van der Waals surface area (Å²) in [7, 11) is 0. The van der Waals surface area contributed by atoms with Gasteiger partial charge in [0.15, 0.2) is 0 Å². The lowest BCUT2D eigenvalue weighted by molar-refractivity contribution is -0.121. The first-order valence-corrected chi connectivity index (χ1v) is 10.5. The van der Waals surface area contributed by atoms with Crippen molar-refractivity contribution in [3.05, 3.63) is 65.1 Å². The lowest BCUT2D eigenvalue weighted by atomic mass is 10.1. The number of nitrogens with zero attached hydrogens (tertiary/aromatic N) is 4. The van der Waals surface area contributed by atoms with Gasteiger partial charge in [-0.25, -0.2) is 9.37 Å². The number of hydrogen-bond acceptors (Lipinski definition) is 7. The summed E-state index contributed by atoms with van der Waals surface area (Å²) in [5, 5.41) is 20.5. The standard InChI is InChI=1S/C22H16FN5O2S/c23-15-4-1-13(2-5-15)14-3-6-17-16(9-14)25-21(31-17)11-20-28-27-19(30-20)10-18(29)26-22(12-24)7-8-22/h1-6,9H,7-8,10-11H2,(H,26,29). The largest absolute Gasteiger partial charge is 0.424 e. The van der Waals surface area contributed by atoms with Gasteiger partial charge in [0.1, 0.15) is 22.8 Å². The van der Waals surface area contributed by atoms with Crippen molar-refractivity contribution in [2.45, 2.75) is 31.2 Å². The third-order valence-corrected chi connectivity index (χ3v) is 6.11. The SMILES string of the molecule is N#CC1(NC(=O)Cc2nnc(Cc3nc4cc(-c5ccc(F)cc5)ccc4s3)o2)CC1. The van der Waals surface area contributed by atoms with Crippen molar-refractivity contribution in [2.75, 3.05) is 0 Å². The second-order valence-corrected chi connectivity index (χ2v) is 8.60. The molecule has 2 heterocycles. The molecule has 0 bridgehead atoms. The minimum Gasteiger partial charge on any atom is -0.424 e. The van der Waals surface area contributed by atoms with Crippen molar-refractivity contribution in [3.63, 3.8) is 0 Å². The number of aromatic nitrogens is 3. The van der Waals surface area contributed by atoms with E-state index >= 15 is 0 Å². The van der Waals surface area contributed by atoms with E-state index < -0.39 is 5.54 Å². The fraction of sp³-hybridized carbons (Fsp3) is 0.227. The Morgan fingerprint density at radius 3 is 2.65 bits per heavy atom. The Bertz CT molecular complexity index is 1320. The van der Waals surface area contributed by atoms with E-state index in [0.29, 0.717) is 25.2 Å². The molecule has 7 nitrogen and oxygen atoms in total. The van der Waals surface area contributed by atoms with Gasteiger partial charge in [-0.2, -0.15) is 5.26 Å². The van der Waals surface area contributed by atoms with Crippen LogP contribution in [0.1, 0.15) is 29.6 Å². The molecule has 4 aromatic rings. The van der Waals surface area contributed by atoms with Crippen LogP contribution in [0.25, 0.3) is 21.3 Å². The molecule has 1 fully saturated rings. The van der Waals surface area contributed by atoms with Gasteiger partial charge in [-0.05, 0) is 48.2 Å². The van der Waals surface area contributed by atoms with Crippen molar-refractivity contribution in [3.8, 4) is 17.2 Å². The zero-order valence-electron chi connectivity index (χ0n) is 16.3. The summed E-state index contributed by atoms with van der Waals surface area (Å²) in [4.78, 5) is 16.7. The second kappa shape index (κ2) is 7.56. The molecule has 9 heteroatoms. The Hall–Kier alpha value is -3.64. The summed E-state index contributed by atoms with van der Waals surface area (Å²) >= 11 is 1.53. The van der Waals surface area contributed by atoms with Gasteiger partial charge >= 0.3 is 0 Å². The Morgan fingerprint density at radius 1 is 1.16 bits per heavy atom. The number of benzene rings is 2. The lowest BCUT2D eigenvalue weighted by Crippen LogP contribution is -2.36. The lowest BCUT2D eigenvalue weighted by Gasteiger charge is -2.06. The van der Waals surface area contributed by atoms with Gasteiger partial charge in [0.2, 0.25) is 17.7 Å². The molecule has 5 rings (SSSR count). The first kappa shape index (κ1) is 19.3. The molecule has 2 aromatic carbocycles. The molecule has 1 aliphatic rings. The number of rotatable bonds is 6. The van der Waals surface area contributed by atoms with Crippen LogP contribution < -0.4 is 5.32 Å². The summed E-state index contributed by atoms with van der Waals surface area (Å²) in [5.41, 5.74) is 2.00. The molecule has 0 saturated heterocycles. The maximum Gasteiger partial charge on any atom is 0.230 e. The third-order valence-electron chi connectivity index (χ3n) is 5.08. The Morgan fingerprint density at radius 2 is 1.90 bits per heavy atom. The highest BCUT2D eigenvalue weighted by atomic mass is 32.1. The van der Waals surface area contributed by atoms with Gasteiger partial charge < -0.3 is 9.73 Å². The van der Waals surface area contributed by atoms with Crippen LogP contribution >= 0.6 is 11.3 Å². The first-order chi connectivity index (χ1) is 15.0. The van der Waals surface area contributed by atoms with Crippen LogP contribution in [0.5, 0.6) is 0 Å². The molecule has 0 unspecified atom stereocenters. The zero-order valence-corrected chi connectivity index (χ0v) is 17.1. The van der Waals surface area contributed by atoms with Crippen LogP contribution in [0.4, 0.5) is 4.39 Å². The van der Waals surface area contributed by atoms with E-state index in [4.69, 9.17) is 9.68 Å². The van der Waals surface area contributed by atoms with E-state index in [1.165, 1.54) is 23.5 Å². The normalized spacial score (nSPS) is 14.3. The zero-order chi connectivity index (χ0) is 21.4. The predicted molar refractivity (Wildman–Crippen MR) is 112 cm³/mol. The van der Waals surface area contributed by atoms with Crippen molar-refractivity contribution in [1.82, 2.24) is 20.5 Å². The van der Waals surface area contributed by atoms with Gasteiger partial charge in [-0.1, -0.05) is 18.2 Å². The van der Waals surface area contributed by atoms with Crippen LogP contribution in [0, 0.1) is 17.1 Å².